The Balaban J connectivity index is 3.15. The molecule has 0 spiro atoms. The van der Waals surface area contributed by atoms with E-state index >= 15 is 0 Å². The van der Waals surface area contributed by atoms with Gasteiger partial charge in [0, 0.05) is 6.20 Å². The van der Waals surface area contributed by atoms with Crippen LogP contribution >= 0.6 is 23.2 Å². The summed E-state index contributed by atoms with van der Waals surface area (Å²) in [7, 11) is 1.29. The zero-order valence-corrected chi connectivity index (χ0v) is 8.39. The fraction of sp³-hybridized carbons (Fsp3) is 0.250. The Labute approximate surface area is 85.6 Å². The molecule has 0 saturated heterocycles. The standard InChI is InChI=1S/C8H7Cl2NO2/c1-13-8(12)6-2-5(10)4-11-7(6)3-9/h2,4H,3H2,1H3. The Morgan fingerprint density at radius 2 is 2.38 bits per heavy atom. The SMILES string of the molecule is COC(=O)c1cc(Cl)cnc1CCl. The molecule has 0 aliphatic carbocycles. The highest BCUT2D eigenvalue weighted by atomic mass is 35.5. The smallest absolute Gasteiger partial charge is 0.339 e. The fourth-order valence-corrected chi connectivity index (χ4v) is 1.23. The molecule has 13 heavy (non-hydrogen) atoms. The Kier molecular flexibility index (Phi) is 3.51. The summed E-state index contributed by atoms with van der Waals surface area (Å²) in [6, 6.07) is 1.48. The van der Waals surface area contributed by atoms with Crippen LogP contribution in [0.5, 0.6) is 0 Å². The van der Waals surface area contributed by atoms with Gasteiger partial charge in [-0.25, -0.2) is 4.79 Å². The minimum atomic E-state index is -0.481. The molecule has 0 unspecified atom stereocenters. The molecule has 1 rings (SSSR count). The highest BCUT2D eigenvalue weighted by Gasteiger charge is 2.12. The van der Waals surface area contributed by atoms with Crippen LogP contribution in [-0.4, -0.2) is 18.1 Å². The molecule has 0 aromatic carbocycles. The van der Waals surface area contributed by atoms with E-state index in [4.69, 9.17) is 23.2 Å². The number of aromatic nitrogens is 1. The van der Waals surface area contributed by atoms with E-state index < -0.39 is 5.97 Å². The van der Waals surface area contributed by atoms with E-state index in [9.17, 15) is 4.79 Å². The zero-order chi connectivity index (χ0) is 9.84. The van der Waals surface area contributed by atoms with Crippen LogP contribution < -0.4 is 0 Å². The normalized spacial score (nSPS) is 9.77. The van der Waals surface area contributed by atoms with Crippen molar-refractivity contribution in [1.29, 1.82) is 0 Å². The summed E-state index contributed by atoms with van der Waals surface area (Å²) in [5.41, 5.74) is 0.780. The molecule has 1 aromatic rings. The van der Waals surface area contributed by atoms with Gasteiger partial charge in [0.1, 0.15) is 0 Å². The van der Waals surface area contributed by atoms with Crippen LogP contribution in [0.4, 0.5) is 0 Å². The van der Waals surface area contributed by atoms with E-state index in [1.54, 1.807) is 0 Å². The molecular formula is C8H7Cl2NO2. The molecule has 1 aromatic heterocycles. The van der Waals surface area contributed by atoms with Crippen LogP contribution in [0.1, 0.15) is 16.1 Å². The van der Waals surface area contributed by atoms with E-state index in [0.29, 0.717) is 16.3 Å². The largest absolute Gasteiger partial charge is 0.465 e. The van der Waals surface area contributed by atoms with Gasteiger partial charge in [0.15, 0.2) is 0 Å². The van der Waals surface area contributed by atoms with Crippen molar-refractivity contribution in [3.63, 3.8) is 0 Å². The first-order valence-electron chi connectivity index (χ1n) is 3.47. The number of nitrogens with zero attached hydrogens (tertiary/aromatic N) is 1. The van der Waals surface area contributed by atoms with E-state index in [0.717, 1.165) is 0 Å². The number of rotatable bonds is 2. The maximum Gasteiger partial charge on any atom is 0.339 e. The second-order valence-electron chi connectivity index (χ2n) is 2.27. The summed E-state index contributed by atoms with van der Waals surface area (Å²) in [5.74, 6) is -0.327. The number of halogens is 2. The first-order chi connectivity index (χ1) is 6.19. The van der Waals surface area contributed by atoms with Crippen LogP contribution in [0.25, 0.3) is 0 Å². The van der Waals surface area contributed by atoms with Gasteiger partial charge in [-0.2, -0.15) is 0 Å². The Morgan fingerprint density at radius 3 is 2.92 bits per heavy atom. The third kappa shape index (κ3) is 2.32. The number of esters is 1. The van der Waals surface area contributed by atoms with E-state index in [1.165, 1.54) is 19.4 Å². The molecule has 0 bridgehead atoms. The maximum atomic E-state index is 11.2. The summed E-state index contributed by atoms with van der Waals surface area (Å²) in [4.78, 5) is 15.1. The molecule has 0 fully saturated rings. The number of hydrogen-bond donors (Lipinski definition) is 0. The maximum absolute atomic E-state index is 11.2. The first kappa shape index (κ1) is 10.3. The van der Waals surface area contributed by atoms with Crippen LogP contribution in [0.2, 0.25) is 5.02 Å². The number of ether oxygens (including phenoxy) is 1. The fourth-order valence-electron chi connectivity index (χ4n) is 0.861. The molecule has 0 N–H and O–H groups in total. The van der Waals surface area contributed by atoms with Gasteiger partial charge >= 0.3 is 5.97 Å². The van der Waals surface area contributed by atoms with Crippen molar-refractivity contribution < 1.29 is 9.53 Å². The van der Waals surface area contributed by atoms with Gasteiger partial charge in [0.2, 0.25) is 0 Å². The van der Waals surface area contributed by atoms with Crippen LogP contribution in [-0.2, 0) is 10.6 Å². The average molecular weight is 220 g/mol. The summed E-state index contributed by atoms with van der Waals surface area (Å²) >= 11 is 11.2. The van der Waals surface area contributed by atoms with Gasteiger partial charge in [-0.05, 0) is 6.07 Å². The number of pyridine rings is 1. The quantitative estimate of drug-likeness (QED) is 0.566. The second kappa shape index (κ2) is 4.44. The minimum Gasteiger partial charge on any atom is -0.465 e. The summed E-state index contributed by atoms with van der Waals surface area (Å²) in [6.45, 7) is 0. The monoisotopic (exact) mass is 219 g/mol. The van der Waals surface area contributed by atoms with Crippen molar-refractivity contribution in [2.45, 2.75) is 5.88 Å². The van der Waals surface area contributed by atoms with Crippen molar-refractivity contribution in [2.75, 3.05) is 7.11 Å². The minimum absolute atomic E-state index is 0.154. The number of methoxy groups -OCH3 is 1. The summed E-state index contributed by atoms with van der Waals surface area (Å²) in [6.07, 6.45) is 1.44. The number of alkyl halides is 1. The lowest BCUT2D eigenvalue weighted by Gasteiger charge is -2.03. The lowest BCUT2D eigenvalue weighted by atomic mass is 10.2. The lowest BCUT2D eigenvalue weighted by Crippen LogP contribution is -2.06. The predicted octanol–water partition coefficient (Wildman–Crippen LogP) is 2.26. The van der Waals surface area contributed by atoms with Gasteiger partial charge in [0.25, 0.3) is 0 Å². The summed E-state index contributed by atoms with van der Waals surface area (Å²) in [5, 5.41) is 0.384. The third-order valence-corrected chi connectivity index (χ3v) is 1.93. The molecule has 1 heterocycles. The van der Waals surface area contributed by atoms with Gasteiger partial charge in [-0.3, -0.25) is 4.98 Å². The number of hydrogen-bond acceptors (Lipinski definition) is 3. The van der Waals surface area contributed by atoms with Crippen LogP contribution in [0, 0.1) is 0 Å². The molecule has 0 aliphatic heterocycles. The third-order valence-electron chi connectivity index (χ3n) is 1.47. The molecule has 0 aliphatic rings. The van der Waals surface area contributed by atoms with Gasteiger partial charge in [-0.15, -0.1) is 11.6 Å². The van der Waals surface area contributed by atoms with Crippen LogP contribution in [0.3, 0.4) is 0 Å². The van der Waals surface area contributed by atoms with Gasteiger partial charge in [-0.1, -0.05) is 11.6 Å². The van der Waals surface area contributed by atoms with Gasteiger partial charge < -0.3 is 4.74 Å². The van der Waals surface area contributed by atoms with Crippen molar-refractivity contribution in [2.24, 2.45) is 0 Å². The molecule has 5 heteroatoms. The van der Waals surface area contributed by atoms with E-state index in [-0.39, 0.29) is 5.88 Å². The van der Waals surface area contributed by atoms with Crippen LogP contribution in [0.15, 0.2) is 12.3 Å². The highest BCUT2D eigenvalue weighted by Crippen LogP contribution is 2.15. The number of carbonyl (C=O) groups is 1. The topological polar surface area (TPSA) is 39.2 Å². The first-order valence-corrected chi connectivity index (χ1v) is 4.39. The predicted molar refractivity (Wildman–Crippen MR) is 50.1 cm³/mol. The Hall–Kier alpha value is -0.800. The lowest BCUT2D eigenvalue weighted by molar-refractivity contribution is 0.0599. The second-order valence-corrected chi connectivity index (χ2v) is 2.98. The zero-order valence-electron chi connectivity index (χ0n) is 6.88. The van der Waals surface area contributed by atoms with Crippen molar-refractivity contribution in [3.05, 3.63) is 28.5 Å². The molecule has 0 radical (unpaired) electrons. The molecule has 70 valence electrons. The highest BCUT2D eigenvalue weighted by molar-refractivity contribution is 6.30. The molecule has 3 nitrogen and oxygen atoms in total. The van der Waals surface area contributed by atoms with Gasteiger partial charge in [0.05, 0.1) is 29.3 Å². The Bertz CT molecular complexity index is 328. The number of carbonyl (C=O) groups excluding carboxylic acids is 1. The van der Waals surface area contributed by atoms with Crippen molar-refractivity contribution in [1.82, 2.24) is 4.98 Å². The molecule has 0 amide bonds. The molecule has 0 saturated carbocycles. The van der Waals surface area contributed by atoms with E-state index in [1.807, 2.05) is 0 Å². The summed E-state index contributed by atoms with van der Waals surface area (Å²) < 4.78 is 4.54. The van der Waals surface area contributed by atoms with Crippen molar-refractivity contribution in [3.8, 4) is 0 Å². The van der Waals surface area contributed by atoms with E-state index in [2.05, 4.69) is 9.72 Å². The molecule has 0 atom stereocenters. The van der Waals surface area contributed by atoms with Crippen molar-refractivity contribution >= 4 is 29.2 Å². The Morgan fingerprint density at radius 1 is 1.69 bits per heavy atom. The average Bonchev–Trinajstić information content (AvgIpc) is 2.16. The molecular weight excluding hydrogens is 213 g/mol.